The predicted molar refractivity (Wildman–Crippen MR) is 77.5 cm³/mol. The van der Waals surface area contributed by atoms with E-state index < -0.39 is 0 Å². The maximum absolute atomic E-state index is 11.8. The Bertz CT molecular complexity index is 589. The van der Waals surface area contributed by atoms with E-state index in [1.165, 1.54) is 0 Å². The van der Waals surface area contributed by atoms with Crippen LogP contribution < -0.4 is 5.32 Å². The first-order chi connectivity index (χ1) is 9.19. The van der Waals surface area contributed by atoms with Crippen LogP contribution in [-0.4, -0.2) is 17.4 Å². The second kappa shape index (κ2) is 6.29. The summed E-state index contributed by atoms with van der Waals surface area (Å²) in [6.07, 6.45) is 2.37. The number of hydrogen-bond donors (Lipinski definition) is 1. The van der Waals surface area contributed by atoms with E-state index in [9.17, 15) is 4.79 Å². The standard InChI is InChI=1S/C15H15N2OS/c1-3-7-16-15(18)13-6-4-5-12(8-13)9-14-17-11(2)10-19-14/h3-4,6,8,10H,1,7,9H2,2H3,(H,16,18). The lowest BCUT2D eigenvalue weighted by Gasteiger charge is -2.04. The molecule has 0 saturated carbocycles. The molecule has 0 aliphatic carbocycles. The van der Waals surface area contributed by atoms with Crippen molar-refractivity contribution in [3.63, 3.8) is 0 Å². The smallest absolute Gasteiger partial charge is 0.251 e. The Morgan fingerprint density at radius 3 is 3.16 bits per heavy atom. The first-order valence-corrected chi connectivity index (χ1v) is 6.87. The van der Waals surface area contributed by atoms with E-state index in [2.05, 4.69) is 22.9 Å². The predicted octanol–water partition coefficient (Wildman–Crippen LogP) is 2.76. The van der Waals surface area contributed by atoms with Crippen molar-refractivity contribution in [3.05, 3.63) is 64.1 Å². The fourth-order valence-corrected chi connectivity index (χ4v) is 2.47. The van der Waals surface area contributed by atoms with Gasteiger partial charge < -0.3 is 5.32 Å². The van der Waals surface area contributed by atoms with Gasteiger partial charge in [0.15, 0.2) is 0 Å². The lowest BCUT2D eigenvalue weighted by Crippen LogP contribution is -2.23. The maximum Gasteiger partial charge on any atom is 0.251 e. The normalized spacial score (nSPS) is 10.2. The van der Waals surface area contributed by atoms with Crippen LogP contribution in [0.4, 0.5) is 0 Å². The molecule has 0 aliphatic rings. The molecule has 4 heteroatoms. The number of nitrogens with one attached hydrogen (secondary N) is 1. The van der Waals surface area contributed by atoms with Crippen LogP contribution in [0.1, 0.15) is 26.6 Å². The summed E-state index contributed by atoms with van der Waals surface area (Å²) >= 11 is 1.63. The van der Waals surface area contributed by atoms with Crippen molar-refractivity contribution in [2.24, 2.45) is 0 Å². The van der Waals surface area contributed by atoms with Gasteiger partial charge in [-0.15, -0.1) is 17.9 Å². The minimum atomic E-state index is -0.0922. The molecule has 2 aromatic rings. The number of carbonyl (C=O) groups excluding carboxylic acids is 1. The SMILES string of the molecule is C=CCNC(=O)c1cc[c]c(Cc2nc(C)cs2)c1. The highest BCUT2D eigenvalue weighted by molar-refractivity contribution is 7.09. The number of hydrogen-bond acceptors (Lipinski definition) is 3. The average molecular weight is 271 g/mol. The molecular formula is C15H15N2OS. The van der Waals surface area contributed by atoms with Crippen LogP contribution in [0, 0.1) is 13.0 Å². The molecule has 19 heavy (non-hydrogen) atoms. The van der Waals surface area contributed by atoms with Crippen LogP contribution >= 0.6 is 11.3 Å². The second-order valence-electron chi connectivity index (χ2n) is 4.16. The largest absolute Gasteiger partial charge is 0.349 e. The topological polar surface area (TPSA) is 42.0 Å². The van der Waals surface area contributed by atoms with Crippen molar-refractivity contribution < 1.29 is 4.79 Å². The molecule has 1 aromatic heterocycles. The molecule has 1 amide bonds. The van der Waals surface area contributed by atoms with Crippen LogP contribution in [0.15, 0.2) is 36.2 Å². The van der Waals surface area contributed by atoms with E-state index in [-0.39, 0.29) is 5.91 Å². The Labute approximate surface area is 117 Å². The van der Waals surface area contributed by atoms with Crippen molar-refractivity contribution in [1.82, 2.24) is 10.3 Å². The van der Waals surface area contributed by atoms with Crippen LogP contribution in [0.3, 0.4) is 0 Å². The summed E-state index contributed by atoms with van der Waals surface area (Å²) in [7, 11) is 0. The van der Waals surface area contributed by atoms with Gasteiger partial charge in [0.05, 0.1) is 5.01 Å². The monoisotopic (exact) mass is 271 g/mol. The number of nitrogens with zero attached hydrogens (tertiary/aromatic N) is 1. The van der Waals surface area contributed by atoms with Gasteiger partial charge >= 0.3 is 0 Å². The first kappa shape index (κ1) is 13.5. The van der Waals surface area contributed by atoms with Gasteiger partial charge in [-0.25, -0.2) is 4.98 Å². The molecule has 0 bridgehead atoms. The Morgan fingerprint density at radius 1 is 1.63 bits per heavy atom. The van der Waals surface area contributed by atoms with Crippen LogP contribution in [0.2, 0.25) is 0 Å². The molecule has 1 heterocycles. The summed E-state index contributed by atoms with van der Waals surface area (Å²) in [5, 5.41) is 5.82. The summed E-state index contributed by atoms with van der Waals surface area (Å²) < 4.78 is 0. The molecule has 0 aliphatic heterocycles. The van der Waals surface area contributed by atoms with Gasteiger partial charge in [0.25, 0.3) is 5.91 Å². The van der Waals surface area contributed by atoms with E-state index >= 15 is 0 Å². The summed E-state index contributed by atoms with van der Waals surface area (Å²) in [5.41, 5.74) is 2.64. The van der Waals surface area contributed by atoms with Gasteiger partial charge in [-0.1, -0.05) is 12.1 Å². The van der Waals surface area contributed by atoms with Crippen LogP contribution in [-0.2, 0) is 6.42 Å². The number of amides is 1. The third kappa shape index (κ3) is 3.76. The molecule has 2 rings (SSSR count). The van der Waals surface area contributed by atoms with Gasteiger partial charge in [0, 0.05) is 29.6 Å². The number of aromatic nitrogens is 1. The molecule has 0 spiro atoms. The number of carbonyl (C=O) groups is 1. The van der Waals surface area contributed by atoms with Gasteiger partial charge in [-0.05, 0) is 30.7 Å². The minimum Gasteiger partial charge on any atom is -0.349 e. The molecule has 0 atom stereocenters. The zero-order chi connectivity index (χ0) is 13.7. The molecule has 3 nitrogen and oxygen atoms in total. The number of benzene rings is 1. The van der Waals surface area contributed by atoms with E-state index in [1.807, 2.05) is 18.4 Å². The van der Waals surface area contributed by atoms with Crippen molar-refractivity contribution in [2.45, 2.75) is 13.3 Å². The lowest BCUT2D eigenvalue weighted by atomic mass is 10.1. The van der Waals surface area contributed by atoms with Crippen molar-refractivity contribution in [2.75, 3.05) is 6.54 Å². The Hall–Kier alpha value is -1.94. The summed E-state index contributed by atoms with van der Waals surface area (Å²) in [6.45, 7) is 6.02. The van der Waals surface area contributed by atoms with Gasteiger partial charge in [0.1, 0.15) is 0 Å². The minimum absolute atomic E-state index is 0.0922. The van der Waals surface area contributed by atoms with Crippen molar-refractivity contribution >= 4 is 17.2 Å². The van der Waals surface area contributed by atoms with Crippen LogP contribution in [0.5, 0.6) is 0 Å². The molecule has 0 unspecified atom stereocenters. The first-order valence-electron chi connectivity index (χ1n) is 6.00. The average Bonchev–Trinajstić information content (AvgIpc) is 2.81. The lowest BCUT2D eigenvalue weighted by molar-refractivity contribution is 0.0958. The molecule has 1 N–H and O–H groups in total. The fourth-order valence-electron chi connectivity index (χ4n) is 1.67. The highest BCUT2D eigenvalue weighted by Gasteiger charge is 2.06. The zero-order valence-corrected chi connectivity index (χ0v) is 11.6. The molecule has 1 radical (unpaired) electrons. The number of aryl methyl sites for hydroxylation is 1. The van der Waals surface area contributed by atoms with E-state index in [0.29, 0.717) is 18.5 Å². The van der Waals surface area contributed by atoms with E-state index in [4.69, 9.17) is 0 Å². The fraction of sp³-hybridized carbons (Fsp3) is 0.200. The highest BCUT2D eigenvalue weighted by atomic mass is 32.1. The van der Waals surface area contributed by atoms with Crippen molar-refractivity contribution in [3.8, 4) is 0 Å². The third-order valence-corrected chi connectivity index (χ3v) is 3.51. The Kier molecular flexibility index (Phi) is 4.47. The highest BCUT2D eigenvalue weighted by Crippen LogP contribution is 2.15. The third-order valence-electron chi connectivity index (χ3n) is 2.54. The molecule has 1 aromatic carbocycles. The van der Waals surface area contributed by atoms with Crippen molar-refractivity contribution in [1.29, 1.82) is 0 Å². The van der Waals surface area contributed by atoms with Gasteiger partial charge in [-0.3, -0.25) is 4.79 Å². The number of rotatable bonds is 5. The summed E-state index contributed by atoms with van der Waals surface area (Å²) in [5.74, 6) is -0.0922. The van der Waals surface area contributed by atoms with Gasteiger partial charge in [-0.2, -0.15) is 0 Å². The van der Waals surface area contributed by atoms with Gasteiger partial charge in [0.2, 0.25) is 0 Å². The maximum atomic E-state index is 11.8. The Balaban J connectivity index is 2.10. The summed E-state index contributed by atoms with van der Waals surface area (Å²) in [6, 6.07) is 8.54. The second-order valence-corrected chi connectivity index (χ2v) is 5.10. The quantitative estimate of drug-likeness (QED) is 0.850. The molecule has 0 fully saturated rings. The molecular weight excluding hydrogens is 256 g/mol. The number of thiazole rings is 1. The van der Waals surface area contributed by atoms with Crippen LogP contribution in [0.25, 0.3) is 0 Å². The molecule has 97 valence electrons. The summed E-state index contributed by atoms with van der Waals surface area (Å²) in [4.78, 5) is 16.2. The van der Waals surface area contributed by atoms with E-state index in [1.54, 1.807) is 29.5 Å². The molecule has 0 saturated heterocycles. The van der Waals surface area contributed by atoms with E-state index in [0.717, 1.165) is 16.3 Å². The Morgan fingerprint density at radius 2 is 2.47 bits per heavy atom. The zero-order valence-electron chi connectivity index (χ0n) is 10.8.